The highest BCUT2D eigenvalue weighted by atomic mass is 35.5. The Morgan fingerprint density at radius 2 is 2.45 bits per heavy atom. The summed E-state index contributed by atoms with van der Waals surface area (Å²) in [5.41, 5.74) is 0. The summed E-state index contributed by atoms with van der Waals surface area (Å²) < 4.78 is 6.48. The molecule has 0 unspecified atom stereocenters. The lowest BCUT2D eigenvalue weighted by Gasteiger charge is -1.99. The van der Waals surface area contributed by atoms with Crippen molar-refractivity contribution in [2.24, 2.45) is 0 Å². The van der Waals surface area contributed by atoms with Crippen LogP contribution < -0.4 is 0 Å². The third-order valence-electron chi connectivity index (χ3n) is 1.23. The van der Waals surface area contributed by atoms with Gasteiger partial charge in [0.25, 0.3) is 0 Å². The first kappa shape index (κ1) is 8.42. The minimum Gasteiger partial charge on any atom is -0.383 e. The maximum Gasteiger partial charge on any atom is 0.166 e. The average molecular weight is 177 g/mol. The number of methoxy groups -OCH3 is 1. The van der Waals surface area contributed by atoms with Crippen molar-refractivity contribution in [3.05, 3.63) is 5.82 Å². The second-order valence-electron chi connectivity index (χ2n) is 1.94. The molecule has 6 heteroatoms. The Morgan fingerprint density at radius 1 is 1.64 bits per heavy atom. The third-order valence-corrected chi connectivity index (χ3v) is 1.47. The molecule has 0 atom stereocenters. The van der Waals surface area contributed by atoms with Gasteiger partial charge in [0.05, 0.1) is 19.0 Å². The lowest BCUT2D eigenvalue weighted by molar-refractivity contribution is 0.182. The van der Waals surface area contributed by atoms with Crippen LogP contribution in [0.25, 0.3) is 0 Å². The molecule has 0 radical (unpaired) electrons. The van der Waals surface area contributed by atoms with Crippen LogP contribution in [0.5, 0.6) is 0 Å². The van der Waals surface area contributed by atoms with Crippen LogP contribution in [-0.2, 0) is 17.2 Å². The van der Waals surface area contributed by atoms with E-state index in [2.05, 4.69) is 15.5 Å². The van der Waals surface area contributed by atoms with E-state index < -0.39 is 0 Å². The van der Waals surface area contributed by atoms with E-state index in [-0.39, 0.29) is 0 Å². The molecule has 1 aromatic rings. The molecule has 62 valence electrons. The van der Waals surface area contributed by atoms with E-state index in [1.54, 1.807) is 11.8 Å². The quantitative estimate of drug-likeness (QED) is 0.609. The van der Waals surface area contributed by atoms with Crippen molar-refractivity contribution >= 4 is 11.6 Å². The Morgan fingerprint density at radius 3 is 3.09 bits per heavy atom. The number of nitrogens with zero attached hydrogens (tertiary/aromatic N) is 4. The van der Waals surface area contributed by atoms with Gasteiger partial charge in [-0.25, -0.2) is 4.68 Å². The van der Waals surface area contributed by atoms with Gasteiger partial charge in [-0.3, -0.25) is 0 Å². The van der Waals surface area contributed by atoms with Gasteiger partial charge in [0.2, 0.25) is 0 Å². The van der Waals surface area contributed by atoms with Crippen LogP contribution >= 0.6 is 11.6 Å². The summed E-state index contributed by atoms with van der Waals surface area (Å²) in [5, 5.41) is 10.9. The molecule has 1 rings (SSSR count). The number of halogens is 1. The number of aromatic nitrogens is 4. The van der Waals surface area contributed by atoms with Gasteiger partial charge in [-0.15, -0.1) is 16.7 Å². The average Bonchev–Trinajstić information content (AvgIpc) is 2.47. The van der Waals surface area contributed by atoms with Gasteiger partial charge in [-0.05, 0) is 10.4 Å². The summed E-state index contributed by atoms with van der Waals surface area (Å²) >= 11 is 5.55. The maximum absolute atomic E-state index is 5.55. The second-order valence-corrected chi connectivity index (χ2v) is 2.21. The number of ether oxygens (including phenoxy) is 1. The van der Waals surface area contributed by atoms with Crippen molar-refractivity contribution in [3.63, 3.8) is 0 Å². The first-order valence-electron chi connectivity index (χ1n) is 3.18. The van der Waals surface area contributed by atoms with E-state index in [4.69, 9.17) is 16.3 Å². The molecule has 0 aliphatic carbocycles. The molecule has 0 aliphatic heterocycles. The predicted molar refractivity (Wildman–Crippen MR) is 39.3 cm³/mol. The van der Waals surface area contributed by atoms with Gasteiger partial charge in [-0.2, -0.15) is 0 Å². The molecule has 0 saturated heterocycles. The second kappa shape index (κ2) is 4.25. The molecule has 0 aromatic carbocycles. The molecule has 11 heavy (non-hydrogen) atoms. The van der Waals surface area contributed by atoms with Crippen LogP contribution in [0.2, 0.25) is 0 Å². The third kappa shape index (κ3) is 2.13. The smallest absolute Gasteiger partial charge is 0.166 e. The zero-order chi connectivity index (χ0) is 8.10. The van der Waals surface area contributed by atoms with Crippen LogP contribution in [-0.4, -0.2) is 33.9 Å². The Hall–Kier alpha value is -0.680. The van der Waals surface area contributed by atoms with Crippen molar-refractivity contribution in [2.45, 2.75) is 12.4 Å². The van der Waals surface area contributed by atoms with Gasteiger partial charge in [0, 0.05) is 7.11 Å². The van der Waals surface area contributed by atoms with Crippen molar-refractivity contribution in [1.82, 2.24) is 20.2 Å². The molecule has 0 saturated carbocycles. The van der Waals surface area contributed by atoms with Crippen molar-refractivity contribution in [2.75, 3.05) is 13.7 Å². The summed E-state index contributed by atoms with van der Waals surface area (Å²) in [6.07, 6.45) is 0. The number of alkyl halides is 1. The molecule has 0 spiro atoms. The Kier molecular flexibility index (Phi) is 3.25. The monoisotopic (exact) mass is 176 g/mol. The Balaban J connectivity index is 2.54. The van der Waals surface area contributed by atoms with Crippen molar-refractivity contribution in [3.8, 4) is 0 Å². The maximum atomic E-state index is 5.55. The largest absolute Gasteiger partial charge is 0.383 e. The highest BCUT2D eigenvalue weighted by molar-refractivity contribution is 6.16. The lowest BCUT2D eigenvalue weighted by Crippen LogP contribution is -2.08. The van der Waals surface area contributed by atoms with Gasteiger partial charge in [0.15, 0.2) is 5.82 Å². The van der Waals surface area contributed by atoms with E-state index in [1.165, 1.54) is 0 Å². The molecule has 5 nitrogen and oxygen atoms in total. The molecule has 1 aromatic heterocycles. The Bertz CT molecular complexity index is 214. The van der Waals surface area contributed by atoms with Gasteiger partial charge in [-0.1, -0.05) is 0 Å². The SMILES string of the molecule is COCCn1nnnc1CCl. The number of hydrogen-bond acceptors (Lipinski definition) is 4. The standard InChI is InChI=1S/C5H9ClN4O/c1-11-3-2-10-5(4-6)7-8-9-10/h2-4H2,1H3. The molecule has 1 heterocycles. The summed E-state index contributed by atoms with van der Waals surface area (Å²) in [6.45, 7) is 1.24. The molecule has 0 bridgehead atoms. The van der Waals surface area contributed by atoms with E-state index in [1.807, 2.05) is 0 Å². The zero-order valence-corrected chi connectivity index (χ0v) is 6.95. The van der Waals surface area contributed by atoms with Crippen LogP contribution in [0.1, 0.15) is 5.82 Å². The van der Waals surface area contributed by atoms with Gasteiger partial charge >= 0.3 is 0 Å². The van der Waals surface area contributed by atoms with Gasteiger partial charge in [0.1, 0.15) is 0 Å². The minimum atomic E-state index is 0.330. The molecule has 0 fully saturated rings. The van der Waals surface area contributed by atoms with E-state index >= 15 is 0 Å². The van der Waals surface area contributed by atoms with Crippen LogP contribution in [0, 0.1) is 0 Å². The minimum absolute atomic E-state index is 0.330. The van der Waals surface area contributed by atoms with Crippen LogP contribution in [0.3, 0.4) is 0 Å². The summed E-state index contributed by atoms with van der Waals surface area (Å²) in [7, 11) is 1.63. The number of hydrogen-bond donors (Lipinski definition) is 0. The topological polar surface area (TPSA) is 52.8 Å². The first-order valence-corrected chi connectivity index (χ1v) is 3.72. The van der Waals surface area contributed by atoms with E-state index in [0.717, 1.165) is 0 Å². The lowest BCUT2D eigenvalue weighted by atomic mass is 10.6. The summed E-state index contributed by atoms with van der Waals surface area (Å²) in [6, 6.07) is 0. The Labute approximate surface area is 69.3 Å². The van der Waals surface area contributed by atoms with E-state index in [9.17, 15) is 0 Å². The fourth-order valence-electron chi connectivity index (χ4n) is 0.670. The highest BCUT2D eigenvalue weighted by Gasteiger charge is 2.02. The fourth-order valence-corrected chi connectivity index (χ4v) is 0.862. The number of rotatable bonds is 4. The van der Waals surface area contributed by atoms with Crippen LogP contribution in [0.15, 0.2) is 0 Å². The zero-order valence-electron chi connectivity index (χ0n) is 6.20. The predicted octanol–water partition coefficient (Wildman–Crippen LogP) is 0.0583. The fraction of sp³-hybridized carbons (Fsp3) is 0.800. The van der Waals surface area contributed by atoms with Crippen LogP contribution in [0.4, 0.5) is 0 Å². The highest BCUT2D eigenvalue weighted by Crippen LogP contribution is 1.95. The number of tetrazole rings is 1. The normalized spacial score (nSPS) is 10.4. The molecule has 0 N–H and O–H groups in total. The van der Waals surface area contributed by atoms with E-state index in [0.29, 0.717) is 24.9 Å². The first-order chi connectivity index (χ1) is 5.38. The van der Waals surface area contributed by atoms with Gasteiger partial charge < -0.3 is 4.74 Å². The molecular formula is C5H9ClN4O. The van der Waals surface area contributed by atoms with Crippen molar-refractivity contribution < 1.29 is 4.74 Å². The molecule has 0 aliphatic rings. The molecular weight excluding hydrogens is 168 g/mol. The molecule has 0 amide bonds. The summed E-state index contributed by atoms with van der Waals surface area (Å²) in [5.74, 6) is 1.00. The van der Waals surface area contributed by atoms with Crippen molar-refractivity contribution in [1.29, 1.82) is 0 Å². The summed E-state index contributed by atoms with van der Waals surface area (Å²) in [4.78, 5) is 0.